The first kappa shape index (κ1) is 11.7. The second-order valence-electron chi connectivity index (χ2n) is 4.73. The minimum atomic E-state index is -0.0128. The summed E-state index contributed by atoms with van der Waals surface area (Å²) in [6.45, 7) is 2.05. The average molecular weight is 250 g/mol. The number of benzene rings is 2. The van der Waals surface area contributed by atoms with Crippen LogP contribution in [0.1, 0.15) is 5.56 Å². The molecular formula is C16H14N2O. The van der Waals surface area contributed by atoms with E-state index in [1.807, 2.05) is 37.3 Å². The molecule has 19 heavy (non-hydrogen) atoms. The van der Waals surface area contributed by atoms with Gasteiger partial charge in [-0.05, 0) is 24.1 Å². The fraction of sp³-hybridized carbons (Fsp3) is 0.125. The molecule has 0 bridgehead atoms. The van der Waals surface area contributed by atoms with E-state index in [-0.39, 0.29) is 5.56 Å². The van der Waals surface area contributed by atoms with Gasteiger partial charge in [0.15, 0.2) is 0 Å². The standard InChI is InChI=1S/C16H14N2O/c1-11-6-8-12(9-7-11)13-4-3-5-14-15(13)16(19)18(2)10-17-14/h3-10H,1-2H3. The molecule has 0 unspecified atom stereocenters. The Kier molecular flexibility index (Phi) is 2.67. The van der Waals surface area contributed by atoms with Crippen LogP contribution in [0.3, 0.4) is 0 Å². The van der Waals surface area contributed by atoms with Crippen LogP contribution in [0.4, 0.5) is 0 Å². The molecule has 0 aliphatic heterocycles. The molecule has 0 aliphatic carbocycles. The number of rotatable bonds is 1. The highest BCUT2D eigenvalue weighted by molar-refractivity contribution is 5.93. The maximum atomic E-state index is 12.3. The third kappa shape index (κ3) is 1.93. The largest absolute Gasteiger partial charge is 0.302 e. The van der Waals surface area contributed by atoms with E-state index in [1.54, 1.807) is 13.4 Å². The van der Waals surface area contributed by atoms with Gasteiger partial charge in [-0.1, -0.05) is 42.0 Å². The Balaban J connectivity index is 2.38. The first-order chi connectivity index (χ1) is 9.16. The lowest BCUT2D eigenvalue weighted by Crippen LogP contribution is -2.17. The molecule has 3 nitrogen and oxygen atoms in total. The molecule has 3 rings (SSSR count). The van der Waals surface area contributed by atoms with E-state index >= 15 is 0 Å². The highest BCUT2D eigenvalue weighted by atomic mass is 16.1. The van der Waals surface area contributed by atoms with Gasteiger partial charge in [-0.3, -0.25) is 4.79 Å². The molecule has 0 spiro atoms. The topological polar surface area (TPSA) is 34.9 Å². The zero-order valence-corrected chi connectivity index (χ0v) is 10.9. The lowest BCUT2D eigenvalue weighted by atomic mass is 10.0. The van der Waals surface area contributed by atoms with Crippen molar-refractivity contribution in [1.82, 2.24) is 9.55 Å². The molecule has 1 heterocycles. The summed E-state index contributed by atoms with van der Waals surface area (Å²) in [6, 6.07) is 13.9. The first-order valence-corrected chi connectivity index (χ1v) is 6.18. The summed E-state index contributed by atoms with van der Waals surface area (Å²) in [7, 11) is 1.72. The van der Waals surface area contributed by atoms with Crippen LogP contribution >= 0.6 is 0 Å². The fourth-order valence-electron chi connectivity index (χ4n) is 2.22. The van der Waals surface area contributed by atoms with Gasteiger partial charge >= 0.3 is 0 Å². The molecule has 94 valence electrons. The summed E-state index contributed by atoms with van der Waals surface area (Å²) < 4.78 is 1.51. The first-order valence-electron chi connectivity index (χ1n) is 6.18. The minimum Gasteiger partial charge on any atom is -0.302 e. The van der Waals surface area contributed by atoms with Crippen LogP contribution in [0.2, 0.25) is 0 Å². The van der Waals surface area contributed by atoms with Crippen molar-refractivity contribution in [2.24, 2.45) is 7.05 Å². The number of hydrogen-bond donors (Lipinski definition) is 0. The molecule has 3 aromatic rings. The maximum absolute atomic E-state index is 12.3. The number of hydrogen-bond acceptors (Lipinski definition) is 2. The van der Waals surface area contributed by atoms with Crippen molar-refractivity contribution in [1.29, 1.82) is 0 Å². The van der Waals surface area contributed by atoms with E-state index in [0.717, 1.165) is 16.6 Å². The zero-order valence-electron chi connectivity index (χ0n) is 10.9. The molecule has 0 radical (unpaired) electrons. The second kappa shape index (κ2) is 4.35. The van der Waals surface area contributed by atoms with E-state index < -0.39 is 0 Å². The van der Waals surface area contributed by atoms with Gasteiger partial charge in [0.2, 0.25) is 0 Å². The third-order valence-corrected chi connectivity index (χ3v) is 3.31. The van der Waals surface area contributed by atoms with Crippen molar-refractivity contribution in [2.45, 2.75) is 6.92 Å². The van der Waals surface area contributed by atoms with Crippen molar-refractivity contribution in [3.63, 3.8) is 0 Å². The number of nitrogens with zero attached hydrogens (tertiary/aromatic N) is 2. The van der Waals surface area contributed by atoms with E-state index in [1.165, 1.54) is 10.1 Å². The lowest BCUT2D eigenvalue weighted by Gasteiger charge is -2.07. The van der Waals surface area contributed by atoms with Crippen molar-refractivity contribution < 1.29 is 0 Å². The smallest absolute Gasteiger partial charge is 0.261 e. The van der Waals surface area contributed by atoms with Crippen LogP contribution in [0, 0.1) is 6.92 Å². The van der Waals surface area contributed by atoms with E-state index in [9.17, 15) is 4.79 Å². The summed E-state index contributed by atoms with van der Waals surface area (Å²) in [4.78, 5) is 16.6. The Morgan fingerprint density at radius 1 is 1.05 bits per heavy atom. The Bertz CT molecular complexity index is 801. The van der Waals surface area contributed by atoms with Gasteiger partial charge in [0, 0.05) is 7.05 Å². The van der Waals surface area contributed by atoms with Crippen molar-refractivity contribution in [3.05, 3.63) is 64.7 Å². The quantitative estimate of drug-likeness (QED) is 0.665. The van der Waals surface area contributed by atoms with E-state index in [2.05, 4.69) is 17.1 Å². The predicted octanol–water partition coefficient (Wildman–Crippen LogP) is 2.91. The van der Waals surface area contributed by atoms with Gasteiger partial charge in [0.1, 0.15) is 0 Å². The Morgan fingerprint density at radius 2 is 1.79 bits per heavy atom. The molecule has 0 atom stereocenters. The predicted molar refractivity (Wildman–Crippen MR) is 77.2 cm³/mol. The summed E-state index contributed by atoms with van der Waals surface area (Å²) >= 11 is 0. The van der Waals surface area contributed by atoms with Crippen molar-refractivity contribution >= 4 is 10.9 Å². The number of aryl methyl sites for hydroxylation is 2. The summed E-state index contributed by atoms with van der Waals surface area (Å²) in [5.74, 6) is 0. The second-order valence-corrected chi connectivity index (χ2v) is 4.73. The van der Waals surface area contributed by atoms with Gasteiger partial charge < -0.3 is 4.57 Å². The van der Waals surface area contributed by atoms with Crippen LogP contribution < -0.4 is 5.56 Å². The summed E-state index contributed by atoms with van der Waals surface area (Å²) in [5, 5.41) is 0.677. The molecule has 0 aliphatic rings. The average Bonchev–Trinajstić information content (AvgIpc) is 2.43. The highest BCUT2D eigenvalue weighted by Gasteiger charge is 2.08. The SMILES string of the molecule is Cc1ccc(-c2cccc3ncn(C)c(=O)c23)cc1. The molecular weight excluding hydrogens is 236 g/mol. The van der Waals surface area contributed by atoms with Crippen LogP contribution in [0.15, 0.2) is 53.6 Å². The summed E-state index contributed by atoms with van der Waals surface area (Å²) in [5.41, 5.74) is 3.91. The van der Waals surface area contributed by atoms with Gasteiger partial charge in [0.05, 0.1) is 17.2 Å². The van der Waals surface area contributed by atoms with Crippen LogP contribution in [-0.2, 0) is 7.05 Å². The normalized spacial score (nSPS) is 10.8. The van der Waals surface area contributed by atoms with Gasteiger partial charge in [-0.25, -0.2) is 4.98 Å². The third-order valence-electron chi connectivity index (χ3n) is 3.31. The molecule has 0 N–H and O–H groups in total. The Hall–Kier alpha value is -2.42. The zero-order chi connectivity index (χ0) is 13.4. The monoisotopic (exact) mass is 250 g/mol. The minimum absolute atomic E-state index is 0.0128. The van der Waals surface area contributed by atoms with Crippen LogP contribution in [0.5, 0.6) is 0 Å². The van der Waals surface area contributed by atoms with Crippen LogP contribution in [-0.4, -0.2) is 9.55 Å². The summed E-state index contributed by atoms with van der Waals surface area (Å²) in [6.07, 6.45) is 1.56. The van der Waals surface area contributed by atoms with Gasteiger partial charge in [-0.15, -0.1) is 0 Å². The van der Waals surface area contributed by atoms with Gasteiger partial charge in [0.25, 0.3) is 5.56 Å². The number of fused-ring (bicyclic) bond motifs is 1. The molecule has 0 fully saturated rings. The Labute approximate surface area is 111 Å². The molecule has 0 saturated carbocycles. The lowest BCUT2D eigenvalue weighted by molar-refractivity contribution is 0.843. The van der Waals surface area contributed by atoms with E-state index in [4.69, 9.17) is 0 Å². The molecule has 0 saturated heterocycles. The highest BCUT2D eigenvalue weighted by Crippen LogP contribution is 2.25. The van der Waals surface area contributed by atoms with Crippen molar-refractivity contribution in [2.75, 3.05) is 0 Å². The fourth-order valence-corrected chi connectivity index (χ4v) is 2.22. The van der Waals surface area contributed by atoms with Crippen LogP contribution in [0.25, 0.3) is 22.0 Å². The van der Waals surface area contributed by atoms with Gasteiger partial charge in [-0.2, -0.15) is 0 Å². The maximum Gasteiger partial charge on any atom is 0.261 e. The van der Waals surface area contributed by atoms with E-state index in [0.29, 0.717) is 5.39 Å². The van der Waals surface area contributed by atoms with Crippen molar-refractivity contribution in [3.8, 4) is 11.1 Å². The number of aromatic nitrogens is 2. The molecule has 3 heteroatoms. The molecule has 2 aromatic carbocycles. The molecule has 0 amide bonds. The molecule has 1 aromatic heterocycles. The Morgan fingerprint density at radius 3 is 2.53 bits per heavy atom.